The van der Waals surface area contributed by atoms with Crippen LogP contribution in [0.5, 0.6) is 5.75 Å². The summed E-state index contributed by atoms with van der Waals surface area (Å²) in [6.07, 6.45) is 4.78. The molecule has 0 aliphatic carbocycles. The Morgan fingerprint density at radius 2 is 2.03 bits per heavy atom. The van der Waals surface area contributed by atoms with Gasteiger partial charge in [0.1, 0.15) is 5.75 Å². The number of rotatable bonds is 9. The summed E-state index contributed by atoms with van der Waals surface area (Å²) in [7, 11) is 1.66. The largest absolute Gasteiger partial charge is 0.497 e. The number of thioether (sulfide) groups is 1. The van der Waals surface area contributed by atoms with Gasteiger partial charge >= 0.3 is 0 Å². The van der Waals surface area contributed by atoms with E-state index in [0.717, 1.165) is 43.3 Å². The van der Waals surface area contributed by atoms with Crippen LogP contribution in [0.1, 0.15) is 18.4 Å². The first-order chi connectivity index (χ1) is 15.6. The highest BCUT2D eigenvalue weighted by molar-refractivity contribution is 9.10. The van der Waals surface area contributed by atoms with E-state index in [4.69, 9.17) is 9.72 Å². The van der Waals surface area contributed by atoms with Crippen molar-refractivity contribution >= 4 is 60.3 Å². The third-order valence-corrected chi connectivity index (χ3v) is 7.43. The van der Waals surface area contributed by atoms with Crippen LogP contribution in [0.25, 0.3) is 10.2 Å². The van der Waals surface area contributed by atoms with E-state index in [-0.39, 0.29) is 5.91 Å². The van der Waals surface area contributed by atoms with Gasteiger partial charge in [-0.1, -0.05) is 33.3 Å². The number of halogens is 1. The van der Waals surface area contributed by atoms with Gasteiger partial charge in [0.05, 0.1) is 23.9 Å². The lowest BCUT2D eigenvalue weighted by Crippen LogP contribution is -2.30. The number of fused-ring (bicyclic) bond motifs is 1. The Morgan fingerprint density at radius 1 is 1.19 bits per heavy atom. The van der Waals surface area contributed by atoms with E-state index in [9.17, 15) is 4.79 Å². The van der Waals surface area contributed by atoms with Gasteiger partial charge in [-0.15, -0.1) is 11.8 Å². The van der Waals surface area contributed by atoms with Crippen LogP contribution >= 0.6 is 39.0 Å². The molecule has 1 amide bonds. The molecule has 8 heteroatoms. The van der Waals surface area contributed by atoms with Gasteiger partial charge in [-0.05, 0) is 66.3 Å². The summed E-state index contributed by atoms with van der Waals surface area (Å²) in [6.45, 7) is 0.458. The van der Waals surface area contributed by atoms with E-state index in [1.165, 1.54) is 16.2 Å². The number of ether oxygens (including phenoxy) is 1. The maximum Gasteiger partial charge on any atom is 0.229 e. The third-order valence-electron chi connectivity index (χ3n) is 4.80. The molecule has 0 unspecified atom stereocenters. The van der Waals surface area contributed by atoms with Gasteiger partial charge in [0.15, 0.2) is 5.13 Å². The number of anilines is 1. The number of thiazole rings is 1. The molecular formula is C24H22BrN3O2S2. The molecule has 0 aliphatic heterocycles. The molecule has 0 atom stereocenters. The summed E-state index contributed by atoms with van der Waals surface area (Å²) < 4.78 is 7.25. The second-order valence-corrected chi connectivity index (χ2v) is 10.2. The number of pyridine rings is 1. The van der Waals surface area contributed by atoms with Crippen LogP contribution in [0.2, 0.25) is 0 Å². The van der Waals surface area contributed by atoms with Crippen molar-refractivity contribution in [3.05, 3.63) is 77.0 Å². The molecule has 0 radical (unpaired) electrons. The number of aromatic nitrogens is 2. The summed E-state index contributed by atoms with van der Waals surface area (Å²) in [5.74, 6) is 1.78. The van der Waals surface area contributed by atoms with Gasteiger partial charge in [-0.3, -0.25) is 14.7 Å². The lowest BCUT2D eigenvalue weighted by molar-refractivity contribution is -0.118. The lowest BCUT2D eigenvalue weighted by Gasteiger charge is -2.20. The molecule has 2 aromatic heterocycles. The number of hydrogen-bond donors (Lipinski definition) is 0. The molecule has 4 aromatic rings. The summed E-state index contributed by atoms with van der Waals surface area (Å²) in [6, 6.07) is 17.8. The van der Waals surface area contributed by atoms with Gasteiger partial charge in [0.25, 0.3) is 0 Å². The van der Waals surface area contributed by atoms with Gasteiger partial charge in [-0.25, -0.2) is 4.98 Å². The average molecular weight is 528 g/mol. The minimum Gasteiger partial charge on any atom is -0.497 e. The van der Waals surface area contributed by atoms with E-state index in [1.54, 1.807) is 36.2 Å². The number of methoxy groups -OCH3 is 1. The highest BCUT2D eigenvalue weighted by atomic mass is 79.9. The molecule has 0 fully saturated rings. The maximum atomic E-state index is 13.2. The Balaban J connectivity index is 1.44. The van der Waals surface area contributed by atoms with Crippen molar-refractivity contribution in [2.75, 3.05) is 17.8 Å². The van der Waals surface area contributed by atoms with E-state index < -0.39 is 0 Å². The fraction of sp³-hybridized carbons (Fsp3) is 0.208. The molecule has 32 heavy (non-hydrogen) atoms. The number of nitrogens with zero attached hydrogens (tertiary/aromatic N) is 3. The van der Waals surface area contributed by atoms with Gasteiger partial charge in [0.2, 0.25) is 5.91 Å². The van der Waals surface area contributed by atoms with Crippen molar-refractivity contribution in [2.24, 2.45) is 0 Å². The Kier molecular flexibility index (Phi) is 7.78. The van der Waals surface area contributed by atoms with Crippen LogP contribution in [0.15, 0.2) is 76.4 Å². The normalized spacial score (nSPS) is 10.9. The van der Waals surface area contributed by atoms with Crippen molar-refractivity contribution in [3.63, 3.8) is 0 Å². The molecule has 0 spiro atoms. The van der Waals surface area contributed by atoms with Crippen molar-refractivity contribution in [1.29, 1.82) is 0 Å². The Hall–Kier alpha value is -2.42. The van der Waals surface area contributed by atoms with Gasteiger partial charge < -0.3 is 4.74 Å². The third kappa shape index (κ3) is 5.88. The minimum absolute atomic E-state index is 0.0716. The molecule has 0 saturated heterocycles. The summed E-state index contributed by atoms with van der Waals surface area (Å²) in [5, 5.41) is 0.717. The Morgan fingerprint density at radius 3 is 2.78 bits per heavy atom. The summed E-state index contributed by atoms with van der Waals surface area (Å²) in [4.78, 5) is 25.1. The maximum absolute atomic E-state index is 13.2. The first-order valence-electron chi connectivity index (χ1n) is 10.1. The molecule has 4 rings (SSSR count). The molecule has 164 valence electrons. The number of carbonyl (C=O) groups excluding carboxylic acids is 1. The predicted octanol–water partition coefficient (Wildman–Crippen LogP) is 6.57. The Labute approximate surface area is 204 Å². The lowest BCUT2D eigenvalue weighted by atomic mass is 10.2. The molecule has 2 heterocycles. The number of carbonyl (C=O) groups is 1. The number of hydrogen-bond acceptors (Lipinski definition) is 6. The zero-order valence-electron chi connectivity index (χ0n) is 17.5. The topological polar surface area (TPSA) is 55.3 Å². The first-order valence-corrected chi connectivity index (χ1v) is 12.7. The fourth-order valence-electron chi connectivity index (χ4n) is 3.16. The van der Waals surface area contributed by atoms with Crippen LogP contribution in [0.3, 0.4) is 0 Å². The molecule has 0 N–H and O–H groups in total. The standard InChI is InChI=1S/C24H22BrN3O2S2/c1-30-19-7-9-20(10-8-19)31-13-3-5-23(29)28(16-17-4-2-12-26-15-17)24-27-21-11-6-18(25)14-22(21)32-24/h2,4,6-12,14-15H,3,5,13,16H2,1H3. The van der Waals surface area contributed by atoms with E-state index in [1.807, 2.05) is 54.6 Å². The quantitative estimate of drug-likeness (QED) is 0.182. The van der Waals surface area contributed by atoms with Crippen LogP contribution in [0.4, 0.5) is 5.13 Å². The van der Waals surface area contributed by atoms with Crippen LogP contribution in [-0.4, -0.2) is 28.7 Å². The number of amides is 1. The van der Waals surface area contributed by atoms with Gasteiger partial charge in [-0.2, -0.15) is 0 Å². The first kappa shape index (κ1) is 22.8. The predicted molar refractivity (Wildman–Crippen MR) is 136 cm³/mol. The second-order valence-electron chi connectivity index (χ2n) is 7.08. The molecule has 2 aromatic carbocycles. The fourth-order valence-corrected chi connectivity index (χ4v) is 5.55. The zero-order chi connectivity index (χ0) is 22.3. The molecule has 0 saturated carbocycles. The van der Waals surface area contributed by atoms with Crippen molar-refractivity contribution in [3.8, 4) is 5.75 Å². The minimum atomic E-state index is 0.0716. The van der Waals surface area contributed by atoms with Crippen molar-refractivity contribution < 1.29 is 9.53 Å². The summed E-state index contributed by atoms with van der Waals surface area (Å²) in [5.41, 5.74) is 1.88. The SMILES string of the molecule is COc1ccc(SCCCC(=O)N(Cc2cccnc2)c2nc3ccc(Br)cc3s2)cc1. The molecule has 5 nitrogen and oxygen atoms in total. The summed E-state index contributed by atoms with van der Waals surface area (Å²) >= 11 is 6.79. The van der Waals surface area contributed by atoms with E-state index in [2.05, 4.69) is 20.9 Å². The Bertz CT molecular complexity index is 1180. The second kappa shape index (κ2) is 10.9. The number of benzene rings is 2. The van der Waals surface area contributed by atoms with E-state index >= 15 is 0 Å². The monoisotopic (exact) mass is 527 g/mol. The van der Waals surface area contributed by atoms with E-state index in [0.29, 0.717) is 13.0 Å². The van der Waals surface area contributed by atoms with Crippen LogP contribution in [0, 0.1) is 0 Å². The van der Waals surface area contributed by atoms with Crippen molar-refractivity contribution in [2.45, 2.75) is 24.3 Å². The highest BCUT2D eigenvalue weighted by Gasteiger charge is 2.20. The smallest absolute Gasteiger partial charge is 0.229 e. The van der Waals surface area contributed by atoms with Gasteiger partial charge in [0, 0.05) is 28.2 Å². The average Bonchev–Trinajstić information content (AvgIpc) is 3.24. The van der Waals surface area contributed by atoms with Crippen molar-refractivity contribution in [1.82, 2.24) is 9.97 Å². The highest BCUT2D eigenvalue weighted by Crippen LogP contribution is 2.32. The van der Waals surface area contributed by atoms with Crippen LogP contribution < -0.4 is 9.64 Å². The molecule has 0 aliphatic rings. The zero-order valence-corrected chi connectivity index (χ0v) is 20.8. The van der Waals surface area contributed by atoms with Crippen LogP contribution in [-0.2, 0) is 11.3 Å². The molecule has 0 bridgehead atoms. The molecular weight excluding hydrogens is 506 g/mol.